The number of aromatic nitrogens is 1. The molecule has 4 aromatic rings. The van der Waals surface area contributed by atoms with Crippen LogP contribution in [-0.4, -0.2) is 29.4 Å². The molecule has 2 heterocycles. The van der Waals surface area contributed by atoms with Gasteiger partial charge in [-0.2, -0.15) is 0 Å². The first kappa shape index (κ1) is 23.6. The van der Waals surface area contributed by atoms with Gasteiger partial charge in [0.05, 0.1) is 26.8 Å². The highest BCUT2D eigenvalue weighted by molar-refractivity contribution is 7.14. The molecule has 2 aromatic carbocycles. The van der Waals surface area contributed by atoms with Crippen LogP contribution in [0, 0.1) is 5.82 Å². The fourth-order valence-corrected chi connectivity index (χ4v) is 4.31. The summed E-state index contributed by atoms with van der Waals surface area (Å²) in [5.74, 6) is -2.05. The molecule has 0 atom stereocenters. The van der Waals surface area contributed by atoms with Crippen LogP contribution in [-0.2, 0) is 9.53 Å². The van der Waals surface area contributed by atoms with E-state index in [9.17, 15) is 18.8 Å². The number of benzene rings is 2. The minimum absolute atomic E-state index is 0.117. The monoisotopic (exact) mass is 515 g/mol. The topological polar surface area (TPSA) is 97.4 Å². The lowest BCUT2D eigenvalue weighted by Crippen LogP contribution is -2.21. The van der Waals surface area contributed by atoms with Crippen LogP contribution in [0.1, 0.15) is 20.0 Å². The Morgan fingerprint density at radius 1 is 1.03 bits per heavy atom. The first-order chi connectivity index (χ1) is 16.4. The number of anilines is 2. The number of hydrogen-bond acceptors (Lipinski definition) is 7. The van der Waals surface area contributed by atoms with Crippen molar-refractivity contribution in [3.63, 3.8) is 0 Å². The van der Waals surface area contributed by atoms with E-state index in [4.69, 9.17) is 16.3 Å². The molecule has 0 aliphatic heterocycles. The van der Waals surface area contributed by atoms with Gasteiger partial charge in [-0.05, 0) is 53.9 Å². The quantitative estimate of drug-likeness (QED) is 0.307. The molecule has 0 unspecified atom stereocenters. The van der Waals surface area contributed by atoms with Gasteiger partial charge < -0.3 is 10.1 Å². The summed E-state index contributed by atoms with van der Waals surface area (Å²) in [4.78, 5) is 41.6. The second kappa shape index (κ2) is 10.6. The van der Waals surface area contributed by atoms with Crippen molar-refractivity contribution in [2.24, 2.45) is 0 Å². The second-order valence-corrected chi connectivity index (χ2v) is 9.01. The van der Waals surface area contributed by atoms with Crippen LogP contribution in [0.25, 0.3) is 11.3 Å². The lowest BCUT2D eigenvalue weighted by Gasteiger charge is -2.09. The average Bonchev–Trinajstić information content (AvgIpc) is 3.52. The van der Waals surface area contributed by atoms with Crippen molar-refractivity contribution in [2.45, 2.75) is 0 Å². The molecule has 0 bridgehead atoms. The number of carbonyl (C=O) groups is 3. The molecule has 2 amide bonds. The van der Waals surface area contributed by atoms with Gasteiger partial charge in [-0.1, -0.05) is 17.7 Å². The number of nitrogens with one attached hydrogen (secondary N) is 2. The van der Waals surface area contributed by atoms with Crippen LogP contribution in [0.5, 0.6) is 0 Å². The number of amides is 2. The van der Waals surface area contributed by atoms with Crippen LogP contribution in [0.15, 0.2) is 65.4 Å². The number of esters is 1. The van der Waals surface area contributed by atoms with Gasteiger partial charge in [-0.15, -0.1) is 22.7 Å². The molecular formula is C23H15ClFN3O4S2. The SMILES string of the molecule is O=C(COC(=O)c1ccc(Cl)c(NC(=O)c2cccs2)c1)Nc1nc(-c2ccc(F)cc2)cs1. The highest BCUT2D eigenvalue weighted by Gasteiger charge is 2.16. The fourth-order valence-electron chi connectivity index (χ4n) is 2.79. The summed E-state index contributed by atoms with van der Waals surface area (Å²) in [7, 11) is 0. The van der Waals surface area contributed by atoms with E-state index in [0.29, 0.717) is 21.3 Å². The molecule has 0 saturated carbocycles. The summed E-state index contributed by atoms with van der Waals surface area (Å²) in [5.41, 5.74) is 1.64. The van der Waals surface area contributed by atoms with Crippen molar-refractivity contribution in [1.29, 1.82) is 0 Å². The Morgan fingerprint density at radius 3 is 2.56 bits per heavy atom. The number of thiazole rings is 1. The predicted octanol–water partition coefficient (Wildman–Crippen LogP) is 5.71. The molecule has 0 spiro atoms. The van der Waals surface area contributed by atoms with E-state index < -0.39 is 18.5 Å². The Labute approximate surface area is 206 Å². The average molecular weight is 516 g/mol. The molecule has 0 aliphatic carbocycles. The smallest absolute Gasteiger partial charge is 0.338 e. The fraction of sp³-hybridized carbons (Fsp3) is 0.0435. The maximum absolute atomic E-state index is 13.1. The molecule has 4 rings (SSSR count). The number of thiophene rings is 1. The Morgan fingerprint density at radius 2 is 1.82 bits per heavy atom. The normalized spacial score (nSPS) is 10.5. The molecule has 0 fully saturated rings. The molecule has 172 valence electrons. The van der Waals surface area contributed by atoms with Crippen LogP contribution in [0.4, 0.5) is 15.2 Å². The van der Waals surface area contributed by atoms with Gasteiger partial charge in [-0.3, -0.25) is 14.9 Å². The lowest BCUT2D eigenvalue weighted by atomic mass is 10.2. The number of rotatable bonds is 7. The van der Waals surface area contributed by atoms with Crippen molar-refractivity contribution in [1.82, 2.24) is 4.98 Å². The number of nitrogens with zero attached hydrogens (tertiary/aromatic N) is 1. The van der Waals surface area contributed by atoms with Crippen molar-refractivity contribution in [2.75, 3.05) is 17.2 Å². The number of hydrogen-bond donors (Lipinski definition) is 2. The van der Waals surface area contributed by atoms with Crippen molar-refractivity contribution in [3.05, 3.63) is 86.6 Å². The van der Waals surface area contributed by atoms with E-state index in [-0.39, 0.29) is 28.0 Å². The summed E-state index contributed by atoms with van der Waals surface area (Å²) in [6, 6.07) is 13.5. The summed E-state index contributed by atoms with van der Waals surface area (Å²) in [6.07, 6.45) is 0. The Bertz CT molecular complexity index is 1340. The third-order valence-electron chi connectivity index (χ3n) is 4.42. The Balaban J connectivity index is 1.33. The summed E-state index contributed by atoms with van der Waals surface area (Å²) in [6.45, 7) is -0.538. The van der Waals surface area contributed by atoms with E-state index in [1.54, 1.807) is 35.0 Å². The van der Waals surface area contributed by atoms with Crippen molar-refractivity contribution >= 4 is 62.9 Å². The first-order valence-corrected chi connectivity index (χ1v) is 11.9. The van der Waals surface area contributed by atoms with Crippen LogP contribution >= 0.6 is 34.3 Å². The predicted molar refractivity (Wildman–Crippen MR) is 130 cm³/mol. The second-order valence-electron chi connectivity index (χ2n) is 6.80. The third-order valence-corrected chi connectivity index (χ3v) is 6.38. The summed E-state index contributed by atoms with van der Waals surface area (Å²) >= 11 is 8.58. The maximum Gasteiger partial charge on any atom is 0.338 e. The maximum atomic E-state index is 13.1. The van der Waals surface area contributed by atoms with Gasteiger partial charge in [-0.25, -0.2) is 14.2 Å². The zero-order chi connectivity index (χ0) is 24.1. The summed E-state index contributed by atoms with van der Waals surface area (Å²) in [5, 5.41) is 9.25. The largest absolute Gasteiger partial charge is 0.452 e. The van der Waals surface area contributed by atoms with Gasteiger partial charge >= 0.3 is 5.97 Å². The van der Waals surface area contributed by atoms with Crippen LogP contribution in [0.2, 0.25) is 5.02 Å². The van der Waals surface area contributed by atoms with E-state index in [1.165, 1.54) is 53.0 Å². The molecule has 7 nitrogen and oxygen atoms in total. The highest BCUT2D eigenvalue weighted by Crippen LogP contribution is 2.26. The Kier molecular flexibility index (Phi) is 7.31. The van der Waals surface area contributed by atoms with Gasteiger partial charge in [0, 0.05) is 10.9 Å². The number of halogens is 2. The molecular weight excluding hydrogens is 501 g/mol. The van der Waals surface area contributed by atoms with Crippen molar-refractivity contribution < 1.29 is 23.5 Å². The third kappa shape index (κ3) is 5.84. The zero-order valence-corrected chi connectivity index (χ0v) is 19.6. The minimum Gasteiger partial charge on any atom is -0.452 e. The zero-order valence-electron chi connectivity index (χ0n) is 17.2. The van der Waals surface area contributed by atoms with Gasteiger partial charge in [0.2, 0.25) is 0 Å². The molecule has 0 saturated heterocycles. The van der Waals surface area contributed by atoms with Gasteiger partial charge in [0.1, 0.15) is 5.82 Å². The minimum atomic E-state index is -0.760. The molecule has 0 radical (unpaired) electrons. The molecule has 11 heteroatoms. The molecule has 2 aromatic heterocycles. The van der Waals surface area contributed by atoms with Gasteiger partial charge in [0.15, 0.2) is 11.7 Å². The number of carbonyl (C=O) groups excluding carboxylic acids is 3. The van der Waals surface area contributed by atoms with E-state index in [1.807, 2.05) is 0 Å². The molecule has 0 aliphatic rings. The molecule has 34 heavy (non-hydrogen) atoms. The highest BCUT2D eigenvalue weighted by atomic mass is 35.5. The Hall–Kier alpha value is -3.60. The van der Waals surface area contributed by atoms with Gasteiger partial charge in [0.25, 0.3) is 11.8 Å². The van der Waals surface area contributed by atoms with E-state index >= 15 is 0 Å². The molecule has 2 N–H and O–H groups in total. The first-order valence-electron chi connectivity index (χ1n) is 9.72. The van der Waals surface area contributed by atoms with E-state index in [0.717, 1.165) is 0 Å². The van der Waals surface area contributed by atoms with Crippen molar-refractivity contribution in [3.8, 4) is 11.3 Å². The standard InChI is InChI=1S/C23H15ClFN3O4S2/c24-16-8-5-14(10-17(16)26-21(30)19-2-1-9-33-19)22(31)32-11-20(29)28-23-27-18(12-34-23)13-3-6-15(25)7-4-13/h1-10,12H,11H2,(H,26,30)(H,27,28,29). The van der Waals surface area contributed by atoms with E-state index in [2.05, 4.69) is 15.6 Å². The lowest BCUT2D eigenvalue weighted by molar-refractivity contribution is -0.119. The number of ether oxygens (including phenoxy) is 1. The van der Waals surface area contributed by atoms with Crippen LogP contribution in [0.3, 0.4) is 0 Å². The van der Waals surface area contributed by atoms with Crippen LogP contribution < -0.4 is 10.6 Å². The summed E-state index contributed by atoms with van der Waals surface area (Å²) < 4.78 is 18.1.